The lowest BCUT2D eigenvalue weighted by atomic mass is 10.1. The van der Waals surface area contributed by atoms with E-state index in [0.717, 1.165) is 36.3 Å². The summed E-state index contributed by atoms with van der Waals surface area (Å²) in [6, 6.07) is 8.13. The van der Waals surface area contributed by atoms with E-state index < -0.39 is 0 Å². The van der Waals surface area contributed by atoms with E-state index in [4.69, 9.17) is 0 Å². The zero-order valence-electron chi connectivity index (χ0n) is 9.78. The second-order valence-corrected chi connectivity index (χ2v) is 4.70. The van der Waals surface area contributed by atoms with E-state index in [-0.39, 0.29) is 5.91 Å². The Hall–Kier alpha value is -1.61. The number of rotatable bonds is 2. The van der Waals surface area contributed by atoms with Crippen molar-refractivity contribution in [3.8, 4) is 0 Å². The number of amides is 1. The first-order chi connectivity index (χ1) is 8.27. The molecule has 1 atom stereocenters. The van der Waals surface area contributed by atoms with Crippen LogP contribution in [-0.4, -0.2) is 29.9 Å². The third kappa shape index (κ3) is 1.67. The van der Waals surface area contributed by atoms with Gasteiger partial charge in [-0.25, -0.2) is 0 Å². The average molecular weight is 228 g/mol. The van der Waals surface area contributed by atoms with Crippen molar-refractivity contribution in [2.45, 2.75) is 18.9 Å². The molecule has 2 aliphatic rings. The predicted molar refractivity (Wildman–Crippen MR) is 67.5 cm³/mol. The van der Waals surface area contributed by atoms with E-state index in [1.807, 2.05) is 29.2 Å². The summed E-state index contributed by atoms with van der Waals surface area (Å²) in [5.74, 6) is 0.0966. The van der Waals surface area contributed by atoms with Gasteiger partial charge in [0.15, 0.2) is 0 Å². The molecule has 1 fully saturated rings. The minimum atomic E-state index is 0.0966. The van der Waals surface area contributed by atoms with Crippen LogP contribution in [0.2, 0.25) is 0 Å². The molecule has 0 aliphatic carbocycles. The number of hydrogen-bond acceptors (Lipinski definition) is 2. The summed E-state index contributed by atoms with van der Waals surface area (Å²) in [5, 5.41) is 3.42. The molecule has 1 amide bonds. The zero-order valence-corrected chi connectivity index (χ0v) is 9.78. The number of fused-ring (bicyclic) bond motifs is 1. The molecule has 0 saturated carbocycles. The highest BCUT2D eigenvalue weighted by Gasteiger charge is 2.32. The van der Waals surface area contributed by atoms with Gasteiger partial charge in [-0.1, -0.05) is 24.8 Å². The van der Waals surface area contributed by atoms with Crippen LogP contribution in [0, 0.1) is 0 Å². The Labute approximate surface area is 101 Å². The highest BCUT2D eigenvalue weighted by Crippen LogP contribution is 2.31. The summed E-state index contributed by atoms with van der Waals surface area (Å²) in [5.41, 5.74) is 2.62. The van der Waals surface area contributed by atoms with Crippen molar-refractivity contribution < 1.29 is 4.79 Å². The summed E-state index contributed by atoms with van der Waals surface area (Å²) in [7, 11) is 0. The molecular weight excluding hydrogens is 212 g/mol. The minimum Gasteiger partial charge on any atom is -0.312 e. The molecule has 2 aliphatic heterocycles. The fraction of sp³-hybridized carbons (Fsp3) is 0.357. The smallest absolute Gasteiger partial charge is 0.259 e. The molecule has 3 heteroatoms. The maximum absolute atomic E-state index is 12.2. The van der Waals surface area contributed by atoms with Crippen LogP contribution >= 0.6 is 0 Å². The van der Waals surface area contributed by atoms with Gasteiger partial charge in [-0.05, 0) is 25.5 Å². The molecule has 0 radical (unpaired) electrons. The Morgan fingerprint density at radius 2 is 2.12 bits per heavy atom. The Balaban J connectivity index is 1.84. The van der Waals surface area contributed by atoms with E-state index >= 15 is 0 Å². The van der Waals surface area contributed by atoms with E-state index in [1.54, 1.807) is 0 Å². The number of nitrogens with one attached hydrogen (secondary N) is 1. The third-order valence-electron chi connectivity index (χ3n) is 3.60. The van der Waals surface area contributed by atoms with Gasteiger partial charge in [0.25, 0.3) is 5.91 Å². The van der Waals surface area contributed by atoms with Crippen molar-refractivity contribution in [2.75, 3.05) is 13.1 Å². The molecule has 2 heterocycles. The topological polar surface area (TPSA) is 32.3 Å². The molecule has 0 bridgehead atoms. The van der Waals surface area contributed by atoms with Crippen LogP contribution in [0.4, 0.5) is 0 Å². The summed E-state index contributed by atoms with van der Waals surface area (Å²) in [6.45, 7) is 5.85. The first-order valence-electron chi connectivity index (χ1n) is 6.11. The van der Waals surface area contributed by atoms with Gasteiger partial charge in [-0.15, -0.1) is 0 Å². The highest BCUT2D eigenvalue weighted by atomic mass is 16.2. The Bertz CT molecular complexity index is 440. The third-order valence-corrected chi connectivity index (χ3v) is 3.60. The number of hydrogen-bond donors (Lipinski definition) is 1. The van der Waals surface area contributed by atoms with Gasteiger partial charge in [-0.3, -0.25) is 4.79 Å². The van der Waals surface area contributed by atoms with Crippen LogP contribution in [-0.2, 0) is 0 Å². The normalized spacial score (nSPS) is 23.3. The molecule has 1 aromatic carbocycles. The molecule has 1 unspecified atom stereocenters. The molecule has 1 N–H and O–H groups in total. The van der Waals surface area contributed by atoms with Crippen molar-refractivity contribution in [3.63, 3.8) is 0 Å². The van der Waals surface area contributed by atoms with Gasteiger partial charge in [0.1, 0.15) is 0 Å². The number of carbonyl (C=O) groups excluding carboxylic acids is 1. The van der Waals surface area contributed by atoms with Crippen LogP contribution in [0.25, 0.3) is 5.70 Å². The van der Waals surface area contributed by atoms with Crippen LogP contribution in [0.3, 0.4) is 0 Å². The van der Waals surface area contributed by atoms with E-state index in [0.29, 0.717) is 6.04 Å². The van der Waals surface area contributed by atoms with Gasteiger partial charge < -0.3 is 10.2 Å². The highest BCUT2D eigenvalue weighted by molar-refractivity contribution is 6.08. The average Bonchev–Trinajstić information content (AvgIpc) is 2.94. The van der Waals surface area contributed by atoms with Crippen molar-refractivity contribution in [3.05, 3.63) is 42.0 Å². The number of benzene rings is 1. The van der Waals surface area contributed by atoms with Crippen molar-refractivity contribution in [1.29, 1.82) is 0 Å². The first-order valence-corrected chi connectivity index (χ1v) is 6.11. The van der Waals surface area contributed by atoms with Crippen LogP contribution in [0.1, 0.15) is 28.8 Å². The lowest BCUT2D eigenvalue weighted by Crippen LogP contribution is -2.37. The van der Waals surface area contributed by atoms with Gasteiger partial charge in [-0.2, -0.15) is 0 Å². The quantitative estimate of drug-likeness (QED) is 0.838. The summed E-state index contributed by atoms with van der Waals surface area (Å²) < 4.78 is 0. The van der Waals surface area contributed by atoms with Crippen molar-refractivity contribution in [1.82, 2.24) is 10.2 Å². The Morgan fingerprint density at radius 3 is 2.76 bits per heavy atom. The molecule has 3 nitrogen and oxygen atoms in total. The second kappa shape index (κ2) is 4.00. The molecule has 0 spiro atoms. The maximum atomic E-state index is 12.2. The molecule has 1 aromatic rings. The van der Waals surface area contributed by atoms with Crippen molar-refractivity contribution in [2.24, 2.45) is 0 Å². The SMILES string of the molecule is C=C1c2ccccc2C(=O)N1CC1CCCN1. The largest absolute Gasteiger partial charge is 0.312 e. The van der Waals surface area contributed by atoms with Gasteiger partial charge in [0.05, 0.1) is 0 Å². The summed E-state index contributed by atoms with van der Waals surface area (Å²) in [4.78, 5) is 14.0. The number of carbonyl (C=O) groups is 1. The summed E-state index contributed by atoms with van der Waals surface area (Å²) in [6.07, 6.45) is 2.35. The standard InChI is InChI=1S/C14H16N2O/c1-10-12-6-2-3-7-13(12)14(17)16(10)9-11-5-4-8-15-11/h2-3,6-7,11,15H,1,4-5,8-9H2. The van der Waals surface area contributed by atoms with Crippen LogP contribution in [0.5, 0.6) is 0 Å². The first kappa shape index (κ1) is 10.5. The summed E-state index contributed by atoms with van der Waals surface area (Å²) >= 11 is 0. The minimum absolute atomic E-state index is 0.0966. The molecule has 0 aromatic heterocycles. The number of nitrogens with zero attached hydrogens (tertiary/aromatic N) is 1. The maximum Gasteiger partial charge on any atom is 0.259 e. The van der Waals surface area contributed by atoms with Crippen molar-refractivity contribution >= 4 is 11.6 Å². The lowest BCUT2D eigenvalue weighted by Gasteiger charge is -2.21. The van der Waals surface area contributed by atoms with E-state index in [2.05, 4.69) is 11.9 Å². The van der Waals surface area contributed by atoms with Gasteiger partial charge in [0.2, 0.25) is 0 Å². The van der Waals surface area contributed by atoms with Crippen LogP contribution < -0.4 is 5.32 Å². The molecular formula is C14H16N2O. The molecule has 88 valence electrons. The van der Waals surface area contributed by atoms with Crippen LogP contribution in [0.15, 0.2) is 30.8 Å². The Morgan fingerprint density at radius 1 is 1.35 bits per heavy atom. The van der Waals surface area contributed by atoms with E-state index in [1.165, 1.54) is 6.42 Å². The van der Waals surface area contributed by atoms with Gasteiger partial charge >= 0.3 is 0 Å². The van der Waals surface area contributed by atoms with Gasteiger partial charge in [0, 0.05) is 29.4 Å². The zero-order chi connectivity index (χ0) is 11.8. The van der Waals surface area contributed by atoms with E-state index in [9.17, 15) is 4.79 Å². The molecule has 17 heavy (non-hydrogen) atoms. The predicted octanol–water partition coefficient (Wildman–Crippen LogP) is 1.87. The lowest BCUT2D eigenvalue weighted by molar-refractivity contribution is 0.0842. The fourth-order valence-electron chi connectivity index (χ4n) is 2.66. The molecule has 1 saturated heterocycles. The fourth-order valence-corrected chi connectivity index (χ4v) is 2.66. The monoisotopic (exact) mass is 228 g/mol. The Kier molecular flexibility index (Phi) is 2.48. The molecule has 3 rings (SSSR count). The second-order valence-electron chi connectivity index (χ2n) is 4.70.